The van der Waals surface area contributed by atoms with Gasteiger partial charge in [-0.15, -0.1) is 4.72 Å². The third kappa shape index (κ3) is 5.39. The van der Waals surface area contributed by atoms with Gasteiger partial charge in [0.05, 0.1) is 47.6 Å². The van der Waals surface area contributed by atoms with Crippen molar-refractivity contribution in [2.45, 2.75) is 56.7 Å². The number of aromatic nitrogens is 5. The Morgan fingerprint density at radius 1 is 1.08 bits per heavy atom. The number of alkyl halides is 3. The van der Waals surface area contributed by atoms with Crippen molar-refractivity contribution in [2.24, 2.45) is 5.92 Å². The Hall–Kier alpha value is -3.06. The summed E-state index contributed by atoms with van der Waals surface area (Å²) in [7, 11) is 0. The van der Waals surface area contributed by atoms with Gasteiger partial charge >= 0.3 is 6.18 Å². The van der Waals surface area contributed by atoms with E-state index in [0.29, 0.717) is 35.3 Å². The molecule has 1 aliphatic rings. The number of nitrogens with one attached hydrogen (secondary N) is 1. The molecule has 0 amide bonds. The minimum Gasteiger partial charge on any atom is -0.598 e. The monoisotopic (exact) mass is 544 g/mol. The van der Waals surface area contributed by atoms with Crippen molar-refractivity contribution in [2.75, 3.05) is 0 Å². The lowest BCUT2D eigenvalue weighted by Gasteiger charge is -2.38. The number of benzene rings is 1. The summed E-state index contributed by atoms with van der Waals surface area (Å²) < 4.78 is 56.6. The molecule has 38 heavy (non-hydrogen) atoms. The molecule has 5 rings (SSSR count). The highest BCUT2D eigenvalue weighted by molar-refractivity contribution is 7.90. The zero-order chi connectivity index (χ0) is 27.2. The molecule has 0 aliphatic heterocycles. The summed E-state index contributed by atoms with van der Waals surface area (Å²) in [6.07, 6.45) is 0.961. The van der Waals surface area contributed by atoms with Gasteiger partial charge in [-0.25, -0.2) is 14.6 Å². The van der Waals surface area contributed by atoms with E-state index in [-0.39, 0.29) is 17.8 Å². The molecule has 0 radical (unpaired) electrons. The average molecular weight is 545 g/mol. The van der Waals surface area contributed by atoms with Gasteiger partial charge in [-0.1, -0.05) is 18.2 Å². The topological polar surface area (TPSA) is 112 Å². The Bertz CT molecular complexity index is 1450. The normalized spacial score (nSPS) is 19.8. The Balaban J connectivity index is 1.51. The quantitative estimate of drug-likeness (QED) is 0.337. The summed E-state index contributed by atoms with van der Waals surface area (Å²) in [5, 5.41) is 14.9. The molecule has 0 unspecified atom stereocenters. The second-order valence-electron chi connectivity index (χ2n) is 10.4. The van der Waals surface area contributed by atoms with Gasteiger partial charge in [0.15, 0.2) is 5.82 Å². The van der Waals surface area contributed by atoms with Crippen LogP contribution in [0.3, 0.4) is 0 Å². The smallest absolute Gasteiger partial charge is 0.433 e. The first-order valence-electron chi connectivity index (χ1n) is 12.1. The summed E-state index contributed by atoms with van der Waals surface area (Å²) in [5.74, 6) is 0.0982. The van der Waals surface area contributed by atoms with Crippen molar-refractivity contribution in [3.8, 4) is 17.1 Å². The van der Waals surface area contributed by atoms with Crippen molar-refractivity contribution in [1.29, 1.82) is 0 Å². The molecule has 1 fully saturated rings. The molecule has 2 N–H and O–H groups in total. The van der Waals surface area contributed by atoms with Crippen LogP contribution >= 0.6 is 0 Å². The van der Waals surface area contributed by atoms with Crippen LogP contribution in [0.1, 0.15) is 51.0 Å². The van der Waals surface area contributed by atoms with Gasteiger partial charge < -0.3 is 9.66 Å². The summed E-state index contributed by atoms with van der Waals surface area (Å²) in [5.41, 5.74) is 1.39. The van der Waals surface area contributed by atoms with Crippen LogP contribution in [0, 0.1) is 5.92 Å². The van der Waals surface area contributed by atoms with E-state index < -0.39 is 34.1 Å². The van der Waals surface area contributed by atoms with Gasteiger partial charge in [-0.05, 0) is 57.7 Å². The third-order valence-corrected chi connectivity index (χ3v) is 8.07. The maximum Gasteiger partial charge on any atom is 0.433 e. The Morgan fingerprint density at radius 2 is 1.84 bits per heavy atom. The fourth-order valence-corrected chi connectivity index (χ4v) is 5.22. The molecule has 1 aliphatic carbocycles. The summed E-state index contributed by atoms with van der Waals surface area (Å²) >= 11 is -1.36. The van der Waals surface area contributed by atoms with Crippen molar-refractivity contribution in [3.63, 3.8) is 0 Å². The average Bonchev–Trinajstić information content (AvgIpc) is 3.28. The zero-order valence-electron chi connectivity index (χ0n) is 21.0. The van der Waals surface area contributed by atoms with Gasteiger partial charge in [-0.3, -0.25) is 4.98 Å². The van der Waals surface area contributed by atoms with Crippen LogP contribution in [0.25, 0.3) is 28.0 Å². The number of rotatable bonds is 6. The van der Waals surface area contributed by atoms with E-state index in [2.05, 4.69) is 19.8 Å². The van der Waals surface area contributed by atoms with Crippen LogP contribution in [0.4, 0.5) is 13.2 Å². The van der Waals surface area contributed by atoms with Crippen molar-refractivity contribution < 1.29 is 22.8 Å². The predicted octanol–water partition coefficient (Wildman–Crippen LogP) is 4.76. The van der Waals surface area contributed by atoms with Crippen LogP contribution in [0.15, 0.2) is 55.0 Å². The molecule has 2 atom stereocenters. The number of hydrogen-bond donors (Lipinski definition) is 2. The van der Waals surface area contributed by atoms with E-state index in [0.717, 1.165) is 11.5 Å². The number of hydrogen-bond acceptors (Lipinski definition) is 7. The standard InChI is InChI=1S/C26H27F3N6O2S/c1-25(2,3)38(37)34-24(17-9-18(36)10-17)20-14-30-13-19(32-20)15-7-8-16-12-31-35(21(16)11-15)23-6-4-5-22(33-23)26(27,28)29/h4-8,11-14,17-18,24,34,36H,9-10H2,1-3H3/t17?,18?,24-,38+/m0/s1. The summed E-state index contributed by atoms with van der Waals surface area (Å²) in [6, 6.07) is 8.74. The summed E-state index contributed by atoms with van der Waals surface area (Å²) in [4.78, 5) is 12.9. The van der Waals surface area contributed by atoms with Crippen LogP contribution in [-0.2, 0) is 17.5 Å². The molecule has 8 nitrogen and oxygen atoms in total. The van der Waals surface area contributed by atoms with Crippen molar-refractivity contribution in [1.82, 2.24) is 29.5 Å². The Labute approximate surface area is 220 Å². The van der Waals surface area contributed by atoms with Gasteiger partial charge in [-0.2, -0.15) is 18.3 Å². The minimum absolute atomic E-state index is 0.0456. The molecule has 0 bridgehead atoms. The number of halogens is 3. The fourth-order valence-electron chi connectivity index (χ4n) is 4.32. The predicted molar refractivity (Wildman–Crippen MR) is 137 cm³/mol. The first kappa shape index (κ1) is 26.5. The highest BCUT2D eigenvalue weighted by Gasteiger charge is 2.40. The first-order chi connectivity index (χ1) is 17.9. The van der Waals surface area contributed by atoms with Gasteiger partial charge in [0.1, 0.15) is 10.4 Å². The number of pyridine rings is 1. The maximum atomic E-state index is 13.2. The lowest BCUT2D eigenvalue weighted by molar-refractivity contribution is -0.141. The molecule has 3 heterocycles. The van der Waals surface area contributed by atoms with Crippen molar-refractivity contribution in [3.05, 3.63) is 66.4 Å². The molecule has 200 valence electrons. The second kappa shape index (κ2) is 9.92. The molecular formula is C26H27F3N6O2S. The SMILES string of the molecule is CC(C)(C)[S@@+]([O-])N[C@H](c1cncc(-c2ccc3cnn(-c4cccc(C(F)(F)F)n4)c3c2)n1)C1CC(O)C1. The van der Waals surface area contributed by atoms with Crippen LogP contribution in [-0.4, -0.2) is 45.2 Å². The lowest BCUT2D eigenvalue weighted by Crippen LogP contribution is -2.47. The Kier molecular flexibility index (Phi) is 6.93. The highest BCUT2D eigenvalue weighted by Crippen LogP contribution is 2.39. The number of aliphatic hydroxyl groups is 1. The van der Waals surface area contributed by atoms with E-state index in [4.69, 9.17) is 4.98 Å². The molecule has 0 saturated heterocycles. The zero-order valence-corrected chi connectivity index (χ0v) is 21.8. The van der Waals surface area contributed by atoms with E-state index >= 15 is 0 Å². The maximum absolute atomic E-state index is 13.2. The van der Waals surface area contributed by atoms with E-state index in [9.17, 15) is 22.8 Å². The number of nitrogens with zero attached hydrogens (tertiary/aromatic N) is 5. The molecule has 1 saturated carbocycles. The number of aliphatic hydroxyl groups excluding tert-OH is 1. The van der Waals surface area contributed by atoms with E-state index in [1.165, 1.54) is 16.8 Å². The van der Waals surface area contributed by atoms with Crippen LogP contribution in [0.2, 0.25) is 0 Å². The van der Waals surface area contributed by atoms with Gasteiger partial charge in [0.2, 0.25) is 0 Å². The minimum atomic E-state index is -4.57. The molecular weight excluding hydrogens is 517 g/mol. The van der Waals surface area contributed by atoms with Gasteiger partial charge in [0, 0.05) is 22.3 Å². The van der Waals surface area contributed by atoms with Crippen molar-refractivity contribution >= 4 is 22.3 Å². The molecule has 1 aromatic carbocycles. The molecule has 0 spiro atoms. The number of fused-ring (bicyclic) bond motifs is 1. The van der Waals surface area contributed by atoms with E-state index in [1.54, 1.807) is 24.7 Å². The lowest BCUT2D eigenvalue weighted by atomic mass is 9.76. The highest BCUT2D eigenvalue weighted by atomic mass is 32.2. The largest absolute Gasteiger partial charge is 0.598 e. The summed E-state index contributed by atoms with van der Waals surface area (Å²) in [6.45, 7) is 5.63. The second-order valence-corrected chi connectivity index (χ2v) is 12.4. The molecule has 4 aromatic rings. The van der Waals surface area contributed by atoms with Gasteiger partial charge in [0.25, 0.3) is 0 Å². The molecule has 12 heteroatoms. The van der Waals surface area contributed by atoms with E-state index in [1.807, 2.05) is 32.9 Å². The van der Waals surface area contributed by atoms with Crippen LogP contribution in [0.5, 0.6) is 0 Å². The fraction of sp³-hybridized carbons (Fsp3) is 0.385. The molecule has 3 aromatic heterocycles. The Morgan fingerprint density at radius 3 is 2.53 bits per heavy atom. The first-order valence-corrected chi connectivity index (χ1v) is 13.3. The van der Waals surface area contributed by atoms with Crippen LogP contribution < -0.4 is 4.72 Å². The third-order valence-electron chi connectivity index (χ3n) is 6.49.